The van der Waals surface area contributed by atoms with Crippen molar-refractivity contribution in [2.45, 2.75) is 78.2 Å². The maximum atomic E-state index is 15.4. The predicted octanol–water partition coefficient (Wildman–Crippen LogP) is 7.10. The highest BCUT2D eigenvalue weighted by atomic mass is 35.5. The topological polar surface area (TPSA) is 171 Å². The number of hydrogen-bond donors (Lipinski definition) is 1. The maximum Gasteiger partial charge on any atom is 0.412 e. The summed E-state index contributed by atoms with van der Waals surface area (Å²) in [6.07, 6.45) is 0.909. The molecule has 3 aromatic heterocycles. The number of aromatic nitrogens is 5. The average molecular weight is 728 g/mol. The molecule has 49 heavy (non-hydrogen) atoms. The monoisotopic (exact) mass is 727 g/mol. The summed E-state index contributed by atoms with van der Waals surface area (Å²) in [6, 6.07) is 4.88. The van der Waals surface area contributed by atoms with E-state index in [-0.39, 0.29) is 68.7 Å². The smallest absolute Gasteiger partial charge is 0.412 e. The summed E-state index contributed by atoms with van der Waals surface area (Å²) in [5.74, 6) is -0.940. The summed E-state index contributed by atoms with van der Waals surface area (Å²) in [7, 11) is -3.95. The molecular weight excluding hydrogens is 697 g/mol. The Hall–Kier alpha value is -4.43. The first-order chi connectivity index (χ1) is 23.1. The van der Waals surface area contributed by atoms with Crippen molar-refractivity contribution in [3.05, 3.63) is 51.6 Å². The van der Waals surface area contributed by atoms with Gasteiger partial charge >= 0.3 is 6.09 Å². The van der Waals surface area contributed by atoms with Gasteiger partial charge in [0.1, 0.15) is 34.8 Å². The van der Waals surface area contributed by atoms with Crippen LogP contribution in [0.1, 0.15) is 70.0 Å². The van der Waals surface area contributed by atoms with Gasteiger partial charge in [-0.1, -0.05) is 29.8 Å². The molecule has 5 aromatic rings. The van der Waals surface area contributed by atoms with Gasteiger partial charge in [-0.3, -0.25) is 5.32 Å². The van der Waals surface area contributed by atoms with E-state index in [2.05, 4.69) is 31.7 Å². The summed E-state index contributed by atoms with van der Waals surface area (Å²) in [5.41, 5.74) is 1.67. The lowest BCUT2D eigenvalue weighted by Crippen LogP contribution is -2.27. The SMILES string of the molecule is CCS(=O)(=O)c1nc(OCc2cn(C(C)C)nn2)c2c3c(c(-c4ccc(F)c5sc(NC(=O)OC(C)(C)C)c(C#N)c45)c(Cl)c2n1)COC3. The Balaban J connectivity index is 1.58. The van der Waals surface area contributed by atoms with Gasteiger partial charge in [0.15, 0.2) is 0 Å². The van der Waals surface area contributed by atoms with Gasteiger partial charge in [0.2, 0.25) is 15.7 Å². The minimum absolute atomic E-state index is 0.000378. The second-order valence-corrected chi connectivity index (χ2v) is 16.1. The van der Waals surface area contributed by atoms with E-state index < -0.39 is 32.5 Å². The molecule has 1 aliphatic rings. The highest BCUT2D eigenvalue weighted by Crippen LogP contribution is 2.50. The molecule has 0 atom stereocenters. The quantitative estimate of drug-likeness (QED) is 0.162. The van der Waals surface area contributed by atoms with Gasteiger partial charge in [0.25, 0.3) is 5.16 Å². The van der Waals surface area contributed by atoms with E-state index in [4.69, 9.17) is 25.8 Å². The molecule has 256 valence electrons. The Labute approximate surface area is 289 Å². The Morgan fingerprint density at radius 1 is 1.22 bits per heavy atom. The number of halogens is 2. The largest absolute Gasteiger partial charge is 0.470 e. The first-order valence-corrected chi connectivity index (χ1v) is 18.0. The van der Waals surface area contributed by atoms with Gasteiger partial charge in [0, 0.05) is 17.0 Å². The van der Waals surface area contributed by atoms with Crippen molar-refractivity contribution < 1.29 is 31.8 Å². The van der Waals surface area contributed by atoms with Gasteiger partial charge < -0.3 is 14.2 Å². The van der Waals surface area contributed by atoms with Crippen molar-refractivity contribution >= 4 is 64.9 Å². The van der Waals surface area contributed by atoms with Crippen molar-refractivity contribution in [2.75, 3.05) is 11.1 Å². The van der Waals surface area contributed by atoms with Gasteiger partial charge in [-0.05, 0) is 57.4 Å². The zero-order valence-electron chi connectivity index (χ0n) is 27.3. The maximum absolute atomic E-state index is 15.4. The van der Waals surface area contributed by atoms with Crippen LogP contribution in [0.2, 0.25) is 5.02 Å². The molecule has 0 radical (unpaired) electrons. The van der Waals surface area contributed by atoms with Crippen molar-refractivity contribution in [1.29, 1.82) is 5.26 Å². The van der Waals surface area contributed by atoms with E-state index in [1.54, 1.807) is 31.6 Å². The Kier molecular flexibility index (Phi) is 8.99. The number of sulfone groups is 1. The fourth-order valence-electron chi connectivity index (χ4n) is 5.38. The van der Waals surface area contributed by atoms with Gasteiger partial charge in [0.05, 0.1) is 51.4 Å². The lowest BCUT2D eigenvalue weighted by molar-refractivity contribution is 0.0636. The van der Waals surface area contributed by atoms with Crippen LogP contribution in [-0.4, -0.2) is 50.8 Å². The first kappa shape index (κ1) is 34.4. The van der Waals surface area contributed by atoms with Crippen LogP contribution in [0.15, 0.2) is 23.5 Å². The van der Waals surface area contributed by atoms with E-state index in [0.717, 1.165) is 11.3 Å². The summed E-state index contributed by atoms with van der Waals surface area (Å²) < 4.78 is 60.7. The number of ether oxygens (including phenoxy) is 3. The van der Waals surface area contributed by atoms with Crippen LogP contribution in [0.25, 0.3) is 32.1 Å². The van der Waals surface area contributed by atoms with Gasteiger partial charge in [-0.15, -0.1) is 16.4 Å². The summed E-state index contributed by atoms with van der Waals surface area (Å²) in [4.78, 5) is 21.4. The number of thiophene rings is 1. The average Bonchev–Trinajstić information content (AvgIpc) is 3.79. The summed E-state index contributed by atoms with van der Waals surface area (Å²) in [5, 5.41) is 21.3. The number of hydrogen-bond acceptors (Lipinski definition) is 12. The molecule has 0 unspecified atom stereocenters. The number of fused-ring (bicyclic) bond motifs is 4. The number of nitrogens with zero attached hydrogens (tertiary/aromatic N) is 6. The predicted molar refractivity (Wildman–Crippen MR) is 181 cm³/mol. The molecule has 1 N–H and O–H groups in total. The van der Waals surface area contributed by atoms with Crippen molar-refractivity contribution in [3.8, 4) is 23.1 Å². The van der Waals surface area contributed by atoms with E-state index in [0.29, 0.717) is 33.3 Å². The molecule has 0 saturated heterocycles. The fraction of sp³-hybridized carbons (Fsp3) is 0.375. The third-order valence-electron chi connectivity index (χ3n) is 7.63. The summed E-state index contributed by atoms with van der Waals surface area (Å²) in [6.45, 7) is 10.5. The number of amides is 1. The number of carbonyl (C=O) groups is 1. The highest BCUT2D eigenvalue weighted by Gasteiger charge is 2.32. The van der Waals surface area contributed by atoms with Crippen LogP contribution in [0.4, 0.5) is 14.2 Å². The second-order valence-electron chi connectivity index (χ2n) is 12.5. The lowest BCUT2D eigenvalue weighted by Gasteiger charge is -2.19. The van der Waals surface area contributed by atoms with Crippen LogP contribution in [-0.2, 0) is 39.1 Å². The lowest BCUT2D eigenvalue weighted by atomic mass is 9.91. The third kappa shape index (κ3) is 6.39. The fourth-order valence-corrected chi connectivity index (χ4v) is 7.51. The van der Waals surface area contributed by atoms with Gasteiger partial charge in [-0.25, -0.2) is 27.3 Å². The molecule has 0 spiro atoms. The molecule has 13 nitrogen and oxygen atoms in total. The number of nitriles is 1. The number of anilines is 1. The standard InChI is InChI=1S/C32H31ClFN7O6S2/c1-7-49(43,44)30-36-26-24(28(37-30)46-12-16-11-41(15(2)3)40-39-16)20-14-45-13-19(20)22(25(26)33)17-8-9-21(34)27-23(17)18(10-35)29(48-27)38-31(42)47-32(4,5)6/h8-9,11,15H,7,12-14H2,1-6H3,(H,38,42). The minimum Gasteiger partial charge on any atom is -0.470 e. The number of carbonyl (C=O) groups excluding carboxylic acids is 1. The molecule has 6 rings (SSSR count). The summed E-state index contributed by atoms with van der Waals surface area (Å²) >= 11 is 8.05. The minimum atomic E-state index is -3.95. The molecule has 1 aliphatic heterocycles. The van der Waals surface area contributed by atoms with Crippen LogP contribution >= 0.6 is 22.9 Å². The molecule has 4 heterocycles. The van der Waals surface area contributed by atoms with Crippen LogP contribution in [0, 0.1) is 17.1 Å². The van der Waals surface area contributed by atoms with E-state index in [1.807, 2.05) is 13.8 Å². The molecular formula is C32H31ClFN7O6S2. The van der Waals surface area contributed by atoms with Crippen molar-refractivity contribution in [3.63, 3.8) is 0 Å². The number of benzene rings is 2. The van der Waals surface area contributed by atoms with Crippen molar-refractivity contribution in [1.82, 2.24) is 25.0 Å². The first-order valence-electron chi connectivity index (χ1n) is 15.2. The molecule has 0 fully saturated rings. The zero-order valence-corrected chi connectivity index (χ0v) is 29.7. The molecule has 0 aliphatic carbocycles. The van der Waals surface area contributed by atoms with Crippen molar-refractivity contribution in [2.24, 2.45) is 0 Å². The third-order valence-corrected chi connectivity index (χ3v) is 10.6. The normalized spacial score (nSPS) is 13.2. The molecule has 2 aromatic carbocycles. The highest BCUT2D eigenvalue weighted by molar-refractivity contribution is 7.91. The van der Waals surface area contributed by atoms with Crippen LogP contribution < -0.4 is 10.1 Å². The Morgan fingerprint density at radius 2 is 1.96 bits per heavy atom. The Morgan fingerprint density at radius 3 is 2.61 bits per heavy atom. The number of nitrogens with one attached hydrogen (secondary N) is 1. The van der Waals surface area contributed by atoms with E-state index in [1.165, 1.54) is 19.1 Å². The molecule has 1 amide bonds. The van der Waals surface area contributed by atoms with E-state index >= 15 is 4.39 Å². The Bertz CT molecular complexity index is 2310. The zero-order chi connectivity index (χ0) is 35.4. The molecule has 0 saturated carbocycles. The second kappa shape index (κ2) is 12.8. The van der Waals surface area contributed by atoms with Gasteiger partial charge in [-0.2, -0.15) is 10.2 Å². The number of rotatable bonds is 8. The van der Waals surface area contributed by atoms with Crippen LogP contribution in [0.5, 0.6) is 5.88 Å². The molecule has 0 bridgehead atoms. The molecule has 17 heteroatoms. The van der Waals surface area contributed by atoms with E-state index in [9.17, 15) is 18.5 Å². The van der Waals surface area contributed by atoms with Crippen LogP contribution in [0.3, 0.4) is 0 Å².